The molecule has 19 heavy (non-hydrogen) atoms. The molecule has 1 aromatic carbocycles. The van der Waals surface area contributed by atoms with Crippen molar-refractivity contribution in [2.45, 2.75) is 24.8 Å². The Morgan fingerprint density at radius 2 is 2.00 bits per heavy atom. The summed E-state index contributed by atoms with van der Waals surface area (Å²) in [5.41, 5.74) is 0.841. The van der Waals surface area contributed by atoms with E-state index in [1.54, 1.807) is 6.92 Å². The molecule has 1 aliphatic rings. The first kappa shape index (κ1) is 13.5. The number of fused-ring (bicyclic) bond motifs is 1. The number of rotatable bonds is 1. The van der Waals surface area contributed by atoms with Crippen molar-refractivity contribution < 1.29 is 18.0 Å². The van der Waals surface area contributed by atoms with Crippen LogP contribution in [0.2, 0.25) is 0 Å². The molecule has 0 saturated carbocycles. The zero-order valence-corrected chi connectivity index (χ0v) is 11.6. The predicted octanol–water partition coefficient (Wildman–Crippen LogP) is 0.784. The zero-order valence-electron chi connectivity index (χ0n) is 10.8. The van der Waals surface area contributed by atoms with Crippen molar-refractivity contribution in [2.75, 3.05) is 16.5 Å². The molecule has 1 heterocycles. The highest BCUT2D eigenvalue weighted by molar-refractivity contribution is 7.90. The summed E-state index contributed by atoms with van der Waals surface area (Å²) in [6.45, 7) is 2.98. The number of hydrogen-bond acceptors (Lipinski definition) is 4. The Labute approximate surface area is 111 Å². The van der Waals surface area contributed by atoms with E-state index in [2.05, 4.69) is 5.32 Å². The highest BCUT2D eigenvalue weighted by Crippen LogP contribution is 2.34. The number of carbonyl (C=O) groups is 2. The standard InChI is InChI=1S/C12H14N2O4S/c1-7-12(16)13-10-6-9(19(3,17)18)4-5-11(10)14(7)8(2)15/h4-7H,1-3H3,(H,13,16)/t7-/m0/s1. The summed E-state index contributed by atoms with van der Waals surface area (Å²) in [7, 11) is -3.36. The van der Waals surface area contributed by atoms with Crippen molar-refractivity contribution in [3.63, 3.8) is 0 Å². The van der Waals surface area contributed by atoms with Gasteiger partial charge in [0.1, 0.15) is 6.04 Å². The van der Waals surface area contributed by atoms with Crippen molar-refractivity contribution in [3.05, 3.63) is 18.2 Å². The Hall–Kier alpha value is -1.89. The minimum Gasteiger partial charge on any atom is -0.322 e. The predicted molar refractivity (Wildman–Crippen MR) is 70.8 cm³/mol. The highest BCUT2D eigenvalue weighted by atomic mass is 32.2. The van der Waals surface area contributed by atoms with Crippen molar-refractivity contribution in [2.24, 2.45) is 0 Å². The Morgan fingerprint density at radius 3 is 2.53 bits per heavy atom. The summed E-state index contributed by atoms with van der Waals surface area (Å²) in [5.74, 6) is -0.607. The number of nitrogens with zero attached hydrogens (tertiary/aromatic N) is 1. The van der Waals surface area contributed by atoms with Crippen LogP contribution in [0.4, 0.5) is 11.4 Å². The van der Waals surface area contributed by atoms with Gasteiger partial charge in [0.05, 0.1) is 16.3 Å². The molecular formula is C12H14N2O4S. The van der Waals surface area contributed by atoms with Gasteiger partial charge in [-0.15, -0.1) is 0 Å². The van der Waals surface area contributed by atoms with Crippen LogP contribution in [-0.4, -0.2) is 32.5 Å². The van der Waals surface area contributed by atoms with E-state index in [4.69, 9.17) is 0 Å². The van der Waals surface area contributed by atoms with E-state index in [9.17, 15) is 18.0 Å². The molecular weight excluding hydrogens is 268 g/mol. The van der Waals surface area contributed by atoms with Gasteiger partial charge in [-0.05, 0) is 25.1 Å². The Bertz CT molecular complexity index is 666. The lowest BCUT2D eigenvalue weighted by atomic mass is 10.1. The molecule has 1 aromatic rings. The minimum atomic E-state index is -3.36. The molecule has 0 fully saturated rings. The first-order valence-corrected chi connectivity index (χ1v) is 7.55. The molecule has 2 amide bonds. The van der Waals surface area contributed by atoms with E-state index in [-0.39, 0.29) is 16.7 Å². The van der Waals surface area contributed by atoms with E-state index in [0.717, 1.165) is 6.26 Å². The van der Waals surface area contributed by atoms with E-state index in [0.29, 0.717) is 11.4 Å². The number of amides is 2. The van der Waals surface area contributed by atoms with Gasteiger partial charge in [0.25, 0.3) is 0 Å². The van der Waals surface area contributed by atoms with Crippen LogP contribution in [0.25, 0.3) is 0 Å². The van der Waals surface area contributed by atoms with Gasteiger partial charge in [0.15, 0.2) is 9.84 Å². The second kappa shape index (κ2) is 4.34. The third kappa shape index (κ3) is 2.33. The summed E-state index contributed by atoms with van der Waals surface area (Å²) in [4.78, 5) is 24.9. The molecule has 0 aliphatic carbocycles. The molecule has 6 nitrogen and oxygen atoms in total. The second-order valence-electron chi connectivity index (χ2n) is 4.51. The van der Waals surface area contributed by atoms with Gasteiger partial charge in [-0.25, -0.2) is 8.42 Å². The lowest BCUT2D eigenvalue weighted by Gasteiger charge is -2.33. The van der Waals surface area contributed by atoms with Crippen LogP contribution < -0.4 is 10.2 Å². The maximum atomic E-state index is 11.8. The quantitative estimate of drug-likeness (QED) is 0.825. The maximum absolute atomic E-state index is 11.8. The molecule has 1 N–H and O–H groups in total. The lowest BCUT2D eigenvalue weighted by molar-refractivity contribution is -0.122. The summed E-state index contributed by atoms with van der Waals surface area (Å²) >= 11 is 0. The molecule has 102 valence electrons. The van der Waals surface area contributed by atoms with Gasteiger partial charge >= 0.3 is 0 Å². The molecule has 0 saturated heterocycles. The molecule has 0 spiro atoms. The molecule has 2 rings (SSSR count). The summed E-state index contributed by atoms with van der Waals surface area (Å²) in [6, 6.07) is 3.70. The van der Waals surface area contributed by atoms with Gasteiger partial charge in [-0.3, -0.25) is 14.5 Å². The molecule has 7 heteroatoms. The monoisotopic (exact) mass is 282 g/mol. The van der Waals surface area contributed by atoms with E-state index in [1.165, 1.54) is 30.0 Å². The summed E-state index contributed by atoms with van der Waals surface area (Å²) in [5, 5.41) is 2.61. The third-order valence-electron chi connectivity index (χ3n) is 3.02. The van der Waals surface area contributed by atoms with Gasteiger partial charge in [0.2, 0.25) is 11.8 Å². The fourth-order valence-corrected chi connectivity index (χ4v) is 2.71. The zero-order chi connectivity index (χ0) is 14.4. The molecule has 0 bridgehead atoms. The van der Waals surface area contributed by atoms with Crippen molar-refractivity contribution in [3.8, 4) is 0 Å². The molecule has 0 unspecified atom stereocenters. The first-order chi connectivity index (χ1) is 8.71. The normalized spacial score (nSPS) is 18.8. The molecule has 0 aromatic heterocycles. The number of carbonyl (C=O) groups excluding carboxylic acids is 2. The van der Waals surface area contributed by atoms with Gasteiger partial charge in [-0.2, -0.15) is 0 Å². The van der Waals surface area contributed by atoms with Crippen LogP contribution in [-0.2, 0) is 19.4 Å². The van der Waals surface area contributed by atoms with Gasteiger partial charge in [-0.1, -0.05) is 0 Å². The third-order valence-corrected chi connectivity index (χ3v) is 4.13. The Balaban J connectivity index is 2.61. The molecule has 1 atom stereocenters. The largest absolute Gasteiger partial charge is 0.322 e. The molecule has 0 radical (unpaired) electrons. The second-order valence-corrected chi connectivity index (χ2v) is 6.52. The van der Waals surface area contributed by atoms with E-state index < -0.39 is 15.9 Å². The number of hydrogen-bond donors (Lipinski definition) is 1. The van der Waals surface area contributed by atoms with Gasteiger partial charge < -0.3 is 5.32 Å². The number of nitrogens with one attached hydrogen (secondary N) is 1. The molecule has 1 aliphatic heterocycles. The SMILES string of the molecule is CC(=O)N1c2ccc(S(C)(=O)=O)cc2NC(=O)[C@@H]1C. The van der Waals surface area contributed by atoms with Crippen LogP contribution >= 0.6 is 0 Å². The summed E-state index contributed by atoms with van der Waals surface area (Å²) < 4.78 is 23.0. The Kier molecular flexibility index (Phi) is 3.09. The summed E-state index contributed by atoms with van der Waals surface area (Å²) in [6.07, 6.45) is 1.09. The topological polar surface area (TPSA) is 83.6 Å². The maximum Gasteiger partial charge on any atom is 0.247 e. The average molecular weight is 282 g/mol. The van der Waals surface area contributed by atoms with Crippen LogP contribution in [0.1, 0.15) is 13.8 Å². The minimum absolute atomic E-state index is 0.101. The van der Waals surface area contributed by atoms with E-state index in [1.807, 2.05) is 0 Å². The fourth-order valence-electron chi connectivity index (χ4n) is 2.06. The Morgan fingerprint density at radius 1 is 1.37 bits per heavy atom. The fraction of sp³-hybridized carbons (Fsp3) is 0.333. The average Bonchev–Trinajstić information content (AvgIpc) is 2.28. The number of benzene rings is 1. The van der Waals surface area contributed by atoms with Crippen LogP contribution in [0.5, 0.6) is 0 Å². The van der Waals surface area contributed by atoms with Gasteiger partial charge in [0, 0.05) is 13.2 Å². The van der Waals surface area contributed by atoms with Crippen LogP contribution in [0, 0.1) is 0 Å². The van der Waals surface area contributed by atoms with Crippen molar-refractivity contribution in [1.82, 2.24) is 0 Å². The lowest BCUT2D eigenvalue weighted by Crippen LogP contribution is -2.48. The number of anilines is 2. The van der Waals surface area contributed by atoms with Crippen LogP contribution in [0.3, 0.4) is 0 Å². The van der Waals surface area contributed by atoms with Crippen molar-refractivity contribution in [1.29, 1.82) is 0 Å². The first-order valence-electron chi connectivity index (χ1n) is 5.66. The number of sulfone groups is 1. The highest BCUT2D eigenvalue weighted by Gasteiger charge is 2.32. The van der Waals surface area contributed by atoms with Crippen LogP contribution in [0.15, 0.2) is 23.1 Å². The smallest absolute Gasteiger partial charge is 0.247 e. The van der Waals surface area contributed by atoms with Crippen molar-refractivity contribution >= 4 is 33.0 Å². The van der Waals surface area contributed by atoms with E-state index >= 15 is 0 Å².